The zero-order chi connectivity index (χ0) is 16.2. The number of carbonyl (C=O) groups excluding carboxylic acids is 3. The van der Waals surface area contributed by atoms with Gasteiger partial charge in [0.2, 0.25) is 11.8 Å². The van der Waals surface area contributed by atoms with E-state index in [1.54, 1.807) is 0 Å². The summed E-state index contributed by atoms with van der Waals surface area (Å²) < 4.78 is 25.9. The van der Waals surface area contributed by atoms with Gasteiger partial charge < -0.3 is 22.1 Å². The molecule has 0 radical (unpaired) electrons. The van der Waals surface area contributed by atoms with E-state index in [0.717, 1.165) is 12.1 Å². The van der Waals surface area contributed by atoms with Crippen molar-refractivity contribution in [2.24, 2.45) is 11.5 Å². The molecule has 6 N–H and O–H groups in total. The number of amides is 4. The molecule has 7 nitrogen and oxygen atoms in total. The smallest absolute Gasteiger partial charge is 0.316 e. The lowest BCUT2D eigenvalue weighted by Gasteiger charge is -2.17. The minimum Gasteiger partial charge on any atom is -0.367 e. The van der Waals surface area contributed by atoms with Gasteiger partial charge in [0.1, 0.15) is 0 Å². The van der Waals surface area contributed by atoms with Crippen LogP contribution in [0.3, 0.4) is 0 Å². The van der Waals surface area contributed by atoms with E-state index in [-0.39, 0.29) is 0 Å². The third-order valence-electron chi connectivity index (χ3n) is 2.64. The first-order valence-corrected chi connectivity index (χ1v) is 5.83. The molecule has 0 aromatic heterocycles. The van der Waals surface area contributed by atoms with Gasteiger partial charge in [-0.2, -0.15) is 0 Å². The number of carbonyl (C=O) groups is 3. The van der Waals surface area contributed by atoms with E-state index in [0.29, 0.717) is 5.56 Å². The second-order valence-corrected chi connectivity index (χ2v) is 4.25. The molecule has 0 aliphatic rings. The van der Waals surface area contributed by atoms with Gasteiger partial charge in [-0.15, -0.1) is 0 Å². The number of nitrogens with one attached hydrogen (secondary N) is 2. The van der Waals surface area contributed by atoms with Crippen LogP contribution in [0.1, 0.15) is 18.5 Å². The normalized spacial score (nSPS) is 11.8. The molecule has 4 amide bonds. The van der Waals surface area contributed by atoms with Gasteiger partial charge in [0.15, 0.2) is 17.7 Å². The molecule has 0 spiro atoms. The summed E-state index contributed by atoms with van der Waals surface area (Å²) >= 11 is 0. The fourth-order valence-electron chi connectivity index (χ4n) is 1.52. The fraction of sp³-hybridized carbons (Fsp3) is 0.250. The number of primary amides is 2. The Bertz CT molecular complexity index is 566. The number of nitrogens with two attached hydrogens (primary N) is 2. The van der Waals surface area contributed by atoms with Crippen LogP contribution in [0.2, 0.25) is 0 Å². The molecule has 1 aromatic rings. The van der Waals surface area contributed by atoms with Crippen LogP contribution >= 0.6 is 0 Å². The maximum atomic E-state index is 13.1. The second-order valence-electron chi connectivity index (χ2n) is 4.25. The number of rotatable bonds is 5. The molecule has 1 rings (SSSR count). The Labute approximate surface area is 118 Å². The highest BCUT2D eigenvalue weighted by molar-refractivity contribution is 6.05. The lowest BCUT2D eigenvalue weighted by atomic mass is 10.1. The molecule has 9 heteroatoms. The van der Waals surface area contributed by atoms with E-state index < -0.39 is 41.6 Å². The maximum absolute atomic E-state index is 13.1. The summed E-state index contributed by atoms with van der Waals surface area (Å²) in [5, 5.41) is 4.30. The van der Waals surface area contributed by atoms with Crippen LogP contribution in [0, 0.1) is 11.6 Å². The summed E-state index contributed by atoms with van der Waals surface area (Å²) in [6.45, 7) is 1.50. The number of urea groups is 1. The van der Waals surface area contributed by atoms with Gasteiger partial charge >= 0.3 is 6.03 Å². The minimum absolute atomic E-state index is 0.291. The predicted octanol–water partition coefficient (Wildman–Crippen LogP) is -0.336. The SMILES string of the molecule is CC(NC(=O)NC(C(N)=O)C(N)=O)c1ccc(F)c(F)c1. The first-order valence-electron chi connectivity index (χ1n) is 5.83. The highest BCUT2D eigenvalue weighted by atomic mass is 19.2. The third kappa shape index (κ3) is 4.41. The van der Waals surface area contributed by atoms with Gasteiger partial charge in [-0.3, -0.25) is 9.59 Å². The molecular formula is C12H14F2N4O3. The third-order valence-corrected chi connectivity index (χ3v) is 2.64. The highest BCUT2D eigenvalue weighted by Gasteiger charge is 2.24. The Morgan fingerprint density at radius 3 is 2.10 bits per heavy atom. The predicted molar refractivity (Wildman–Crippen MR) is 68.6 cm³/mol. The second kappa shape index (κ2) is 6.64. The van der Waals surface area contributed by atoms with Crippen molar-refractivity contribution in [3.8, 4) is 0 Å². The van der Waals surface area contributed by atoms with Crippen LogP contribution in [-0.4, -0.2) is 23.9 Å². The molecular weight excluding hydrogens is 286 g/mol. The lowest BCUT2D eigenvalue weighted by molar-refractivity contribution is -0.128. The van der Waals surface area contributed by atoms with Crippen LogP contribution in [0.4, 0.5) is 13.6 Å². The number of benzene rings is 1. The van der Waals surface area contributed by atoms with Crippen molar-refractivity contribution in [3.05, 3.63) is 35.4 Å². The van der Waals surface area contributed by atoms with Crippen molar-refractivity contribution < 1.29 is 23.2 Å². The minimum atomic E-state index is -1.66. The van der Waals surface area contributed by atoms with Gasteiger partial charge in [-0.05, 0) is 24.6 Å². The summed E-state index contributed by atoms with van der Waals surface area (Å²) in [4.78, 5) is 33.4. The number of halogens is 2. The molecule has 0 saturated carbocycles. The quantitative estimate of drug-likeness (QED) is 0.556. The van der Waals surface area contributed by atoms with Crippen LogP contribution < -0.4 is 22.1 Å². The van der Waals surface area contributed by atoms with E-state index in [4.69, 9.17) is 11.5 Å². The van der Waals surface area contributed by atoms with Crippen molar-refractivity contribution in [1.82, 2.24) is 10.6 Å². The molecule has 21 heavy (non-hydrogen) atoms. The van der Waals surface area contributed by atoms with Crippen LogP contribution in [0.5, 0.6) is 0 Å². The number of hydrogen-bond donors (Lipinski definition) is 4. The maximum Gasteiger partial charge on any atom is 0.316 e. The first kappa shape index (κ1) is 16.3. The van der Waals surface area contributed by atoms with Crippen molar-refractivity contribution in [3.63, 3.8) is 0 Å². The molecule has 0 fully saturated rings. The fourth-order valence-corrected chi connectivity index (χ4v) is 1.52. The highest BCUT2D eigenvalue weighted by Crippen LogP contribution is 2.15. The first-order chi connectivity index (χ1) is 9.72. The molecule has 0 aliphatic carbocycles. The van der Waals surface area contributed by atoms with Gasteiger partial charge in [-0.25, -0.2) is 13.6 Å². The van der Waals surface area contributed by atoms with E-state index in [1.165, 1.54) is 13.0 Å². The van der Waals surface area contributed by atoms with Gasteiger partial charge in [0, 0.05) is 0 Å². The molecule has 1 aromatic carbocycles. The standard InChI is InChI=1S/C12H14F2N4O3/c1-5(6-2-3-7(13)8(14)4-6)17-12(21)18-9(10(15)19)11(16)20/h2-5,9H,1H3,(H2,15,19)(H2,16,20)(H2,17,18,21). The van der Waals surface area contributed by atoms with Gasteiger partial charge in [-0.1, -0.05) is 6.07 Å². The van der Waals surface area contributed by atoms with Crippen LogP contribution in [-0.2, 0) is 9.59 Å². The molecule has 0 heterocycles. The van der Waals surface area contributed by atoms with Crippen molar-refractivity contribution in [1.29, 1.82) is 0 Å². The van der Waals surface area contributed by atoms with Crippen LogP contribution in [0.15, 0.2) is 18.2 Å². The average molecular weight is 300 g/mol. The molecule has 0 aliphatic heterocycles. The van der Waals surface area contributed by atoms with Crippen molar-refractivity contribution >= 4 is 17.8 Å². The zero-order valence-corrected chi connectivity index (χ0v) is 11.0. The largest absolute Gasteiger partial charge is 0.367 e. The summed E-state index contributed by atoms with van der Waals surface area (Å²) in [5.74, 6) is -4.30. The average Bonchev–Trinajstić information content (AvgIpc) is 2.38. The Morgan fingerprint density at radius 1 is 1.05 bits per heavy atom. The molecule has 0 bridgehead atoms. The topological polar surface area (TPSA) is 127 Å². The Balaban J connectivity index is 2.71. The summed E-state index contributed by atoms with van der Waals surface area (Å²) in [6, 6.07) is -0.169. The van der Waals surface area contributed by atoms with Crippen molar-refractivity contribution in [2.45, 2.75) is 19.0 Å². The van der Waals surface area contributed by atoms with Crippen LogP contribution in [0.25, 0.3) is 0 Å². The van der Waals surface area contributed by atoms with E-state index in [2.05, 4.69) is 5.32 Å². The summed E-state index contributed by atoms with van der Waals surface area (Å²) in [7, 11) is 0. The van der Waals surface area contributed by atoms with Gasteiger partial charge in [0.05, 0.1) is 6.04 Å². The molecule has 1 atom stereocenters. The monoisotopic (exact) mass is 300 g/mol. The Hall–Kier alpha value is -2.71. The molecule has 1 unspecified atom stereocenters. The lowest BCUT2D eigenvalue weighted by Crippen LogP contribution is -2.55. The van der Waals surface area contributed by atoms with Gasteiger partial charge in [0.25, 0.3) is 0 Å². The molecule has 114 valence electrons. The Kier molecular flexibility index (Phi) is 5.17. The summed E-state index contributed by atoms with van der Waals surface area (Å²) in [6.07, 6.45) is 0. The number of hydrogen-bond acceptors (Lipinski definition) is 3. The van der Waals surface area contributed by atoms with E-state index in [1.807, 2.05) is 5.32 Å². The zero-order valence-electron chi connectivity index (χ0n) is 11.0. The van der Waals surface area contributed by atoms with E-state index >= 15 is 0 Å². The summed E-state index contributed by atoms with van der Waals surface area (Å²) in [5.41, 5.74) is 10.1. The Morgan fingerprint density at radius 2 is 1.62 bits per heavy atom. The van der Waals surface area contributed by atoms with Crippen molar-refractivity contribution in [2.75, 3.05) is 0 Å². The van der Waals surface area contributed by atoms with E-state index in [9.17, 15) is 23.2 Å². The molecule has 0 saturated heterocycles.